The van der Waals surface area contributed by atoms with Gasteiger partial charge in [0, 0.05) is 19.0 Å². The fraction of sp³-hybridized carbons (Fsp3) is 0.621. The number of aliphatic hydroxyl groups excluding tert-OH is 2. The van der Waals surface area contributed by atoms with E-state index >= 15 is 0 Å². The summed E-state index contributed by atoms with van der Waals surface area (Å²) in [5, 5.41) is 21.9. The van der Waals surface area contributed by atoms with Gasteiger partial charge in [-0.1, -0.05) is 33.3 Å². The second-order valence-electron chi connectivity index (χ2n) is 11.0. The molecule has 0 aliphatic carbocycles. The van der Waals surface area contributed by atoms with E-state index < -0.39 is 35.6 Å². The summed E-state index contributed by atoms with van der Waals surface area (Å²) in [5.74, 6) is 0.549. The number of hydrogen-bond donors (Lipinski definition) is 2. The van der Waals surface area contributed by atoms with Gasteiger partial charge < -0.3 is 19.7 Å². The van der Waals surface area contributed by atoms with E-state index in [0.29, 0.717) is 12.8 Å². The van der Waals surface area contributed by atoms with Crippen LogP contribution in [0.15, 0.2) is 30.5 Å². The Kier molecular flexibility index (Phi) is 9.10. The largest absolute Gasteiger partial charge is 0.458 e. The van der Waals surface area contributed by atoms with Gasteiger partial charge in [-0.25, -0.2) is 0 Å². The third kappa shape index (κ3) is 6.82. The molecule has 2 N–H and O–H groups in total. The summed E-state index contributed by atoms with van der Waals surface area (Å²) in [5.41, 5.74) is -0.893. The molecule has 1 aromatic heterocycles. The monoisotopic (exact) mass is 497 g/mol. The molecule has 1 aromatic rings. The summed E-state index contributed by atoms with van der Waals surface area (Å²) in [4.78, 5) is 30.6. The Labute approximate surface area is 214 Å². The lowest BCUT2D eigenvalue weighted by Gasteiger charge is -2.35. The first-order chi connectivity index (χ1) is 17.0. The van der Waals surface area contributed by atoms with Gasteiger partial charge in [0.05, 0.1) is 47.4 Å². The van der Waals surface area contributed by atoms with Crippen molar-refractivity contribution in [2.75, 3.05) is 0 Å². The van der Waals surface area contributed by atoms with Gasteiger partial charge in [-0.3, -0.25) is 14.6 Å². The first kappa shape index (κ1) is 28.0. The second-order valence-corrected chi connectivity index (χ2v) is 11.0. The number of terminal acetylenes is 1. The number of cyclic esters (lactones) is 1. The number of carbonyl (C=O) groups is 2. The van der Waals surface area contributed by atoms with Crippen LogP contribution in [0.2, 0.25) is 0 Å². The number of fused-ring (bicyclic) bond motifs is 1. The van der Waals surface area contributed by atoms with Gasteiger partial charge in [-0.2, -0.15) is 0 Å². The van der Waals surface area contributed by atoms with Crippen molar-refractivity contribution >= 4 is 17.8 Å². The summed E-state index contributed by atoms with van der Waals surface area (Å²) >= 11 is 0. The molecule has 7 atom stereocenters. The summed E-state index contributed by atoms with van der Waals surface area (Å²) in [7, 11) is 0. The van der Waals surface area contributed by atoms with Crippen LogP contribution in [-0.2, 0) is 19.1 Å². The molecular formula is C29H39NO6. The highest BCUT2D eigenvalue weighted by atomic mass is 16.6. The number of hydrogen-bond acceptors (Lipinski definition) is 7. The van der Waals surface area contributed by atoms with E-state index in [-0.39, 0.29) is 36.2 Å². The topological polar surface area (TPSA) is 109 Å². The van der Waals surface area contributed by atoms with Gasteiger partial charge >= 0.3 is 5.97 Å². The van der Waals surface area contributed by atoms with Crippen molar-refractivity contribution < 1.29 is 29.3 Å². The third-order valence-electron chi connectivity index (χ3n) is 7.76. The summed E-state index contributed by atoms with van der Waals surface area (Å²) in [6.07, 6.45) is 10.4. The van der Waals surface area contributed by atoms with E-state index in [9.17, 15) is 19.8 Å². The van der Waals surface area contributed by atoms with Gasteiger partial charge in [-0.15, -0.1) is 12.3 Å². The van der Waals surface area contributed by atoms with E-state index in [0.717, 1.165) is 18.5 Å². The van der Waals surface area contributed by atoms with Crippen LogP contribution in [0.25, 0.3) is 6.08 Å². The van der Waals surface area contributed by atoms with Crippen molar-refractivity contribution in [3.63, 3.8) is 0 Å². The van der Waals surface area contributed by atoms with Gasteiger partial charge in [0.1, 0.15) is 11.9 Å². The van der Waals surface area contributed by atoms with Crippen LogP contribution >= 0.6 is 0 Å². The van der Waals surface area contributed by atoms with Crippen LogP contribution in [0.3, 0.4) is 0 Å². The van der Waals surface area contributed by atoms with Crippen LogP contribution in [-0.4, -0.2) is 57.0 Å². The molecule has 2 aliphatic rings. The predicted octanol–water partition coefficient (Wildman–Crippen LogP) is 3.72. The minimum Gasteiger partial charge on any atom is -0.458 e. The maximum Gasteiger partial charge on any atom is 0.309 e. The van der Waals surface area contributed by atoms with Crippen LogP contribution in [0.1, 0.15) is 71.9 Å². The van der Waals surface area contributed by atoms with Gasteiger partial charge in [0.15, 0.2) is 0 Å². The van der Waals surface area contributed by atoms with Crippen molar-refractivity contribution in [3.8, 4) is 12.3 Å². The molecule has 196 valence electrons. The van der Waals surface area contributed by atoms with Crippen LogP contribution in [0, 0.1) is 29.6 Å². The molecule has 2 fully saturated rings. The zero-order chi connectivity index (χ0) is 26.5. The van der Waals surface area contributed by atoms with Crippen LogP contribution in [0.5, 0.6) is 0 Å². The first-order valence-electron chi connectivity index (χ1n) is 12.8. The number of ketones is 1. The molecule has 7 heteroatoms. The van der Waals surface area contributed by atoms with Gasteiger partial charge in [-0.05, 0) is 50.0 Å². The molecule has 0 radical (unpaired) electrons. The Balaban J connectivity index is 1.85. The number of aliphatic hydroxyl groups is 2. The molecule has 2 saturated heterocycles. The number of nitrogens with zero attached hydrogens (tertiary/aromatic N) is 1. The number of pyridine rings is 1. The standard InChI is InChI=1S/C29H39NO6/c1-6-10-22-26(33)19(2)11-9-15-29(5)24(36-29)17-21(14-13-20-12-7-8-16-30-20)35-25(32)18-23(31)28(3,4)27(22)34/h1,7-8,12-14,16,19,21-24,26,31,33H,9-11,15,17-18H2,2-5H3/b14-13+/t19-,21+,22+,23+,24?,26-,29?/m0/s1. The third-order valence-corrected chi connectivity index (χ3v) is 7.76. The number of carbonyl (C=O) groups excluding carboxylic acids is 2. The lowest BCUT2D eigenvalue weighted by molar-refractivity contribution is -0.154. The number of epoxide rings is 1. The Bertz CT molecular complexity index is 983. The van der Waals surface area contributed by atoms with Crippen molar-refractivity contribution in [1.82, 2.24) is 4.98 Å². The molecule has 3 heterocycles. The fourth-order valence-electron chi connectivity index (χ4n) is 4.98. The fourth-order valence-corrected chi connectivity index (χ4v) is 4.98. The van der Waals surface area contributed by atoms with Crippen molar-refractivity contribution in [1.29, 1.82) is 0 Å². The molecule has 0 saturated carbocycles. The molecule has 2 unspecified atom stereocenters. The molecule has 2 aliphatic heterocycles. The molecule has 7 nitrogen and oxygen atoms in total. The molecular weight excluding hydrogens is 458 g/mol. The zero-order valence-electron chi connectivity index (χ0n) is 21.7. The normalized spacial score (nSPS) is 36.0. The van der Waals surface area contributed by atoms with E-state index in [1.165, 1.54) is 0 Å². The minimum absolute atomic E-state index is 0.0637. The van der Waals surface area contributed by atoms with E-state index in [1.54, 1.807) is 32.2 Å². The van der Waals surface area contributed by atoms with Crippen LogP contribution in [0.4, 0.5) is 0 Å². The Morgan fingerprint density at radius 3 is 2.67 bits per heavy atom. The highest BCUT2D eigenvalue weighted by Gasteiger charge is 2.52. The Hall–Kier alpha value is -2.53. The average molecular weight is 498 g/mol. The second kappa shape index (κ2) is 11.7. The van der Waals surface area contributed by atoms with Crippen molar-refractivity contribution in [2.24, 2.45) is 17.3 Å². The number of Topliss-reactive ketones (excluding diaryl/α,β-unsaturated/α-hetero) is 1. The van der Waals surface area contributed by atoms with Crippen molar-refractivity contribution in [2.45, 2.75) is 96.2 Å². The quantitative estimate of drug-likeness (QED) is 0.372. The average Bonchev–Trinajstić information content (AvgIpc) is 3.48. The highest BCUT2D eigenvalue weighted by Crippen LogP contribution is 2.44. The van der Waals surface area contributed by atoms with E-state index in [4.69, 9.17) is 15.9 Å². The molecule has 0 aromatic carbocycles. The SMILES string of the molecule is C#CC[C@H]1C(=O)C(C)(C)[C@H](O)CC(=O)O[C@H](/C=C/c2ccccn2)CC2OC2(C)CCC[C@H](C)[C@@H]1O. The maximum absolute atomic E-state index is 13.5. The summed E-state index contributed by atoms with van der Waals surface area (Å²) < 4.78 is 11.7. The minimum atomic E-state index is -1.30. The van der Waals surface area contributed by atoms with E-state index in [2.05, 4.69) is 10.9 Å². The number of esters is 1. The molecule has 36 heavy (non-hydrogen) atoms. The lowest BCUT2D eigenvalue weighted by atomic mass is 9.71. The van der Waals surface area contributed by atoms with Crippen LogP contribution < -0.4 is 0 Å². The van der Waals surface area contributed by atoms with Crippen molar-refractivity contribution in [3.05, 3.63) is 36.2 Å². The smallest absolute Gasteiger partial charge is 0.309 e. The molecule has 3 rings (SSSR count). The highest BCUT2D eigenvalue weighted by molar-refractivity contribution is 5.88. The number of ether oxygens (including phenoxy) is 2. The predicted molar refractivity (Wildman–Crippen MR) is 136 cm³/mol. The van der Waals surface area contributed by atoms with E-state index in [1.807, 2.05) is 32.0 Å². The first-order valence-corrected chi connectivity index (χ1v) is 12.8. The molecule has 0 spiro atoms. The van der Waals surface area contributed by atoms with Gasteiger partial charge in [0.25, 0.3) is 0 Å². The Morgan fingerprint density at radius 1 is 1.25 bits per heavy atom. The Morgan fingerprint density at radius 2 is 2.00 bits per heavy atom. The number of aromatic nitrogens is 1. The lowest BCUT2D eigenvalue weighted by Crippen LogP contribution is -2.46. The molecule has 0 bridgehead atoms. The maximum atomic E-state index is 13.5. The summed E-state index contributed by atoms with van der Waals surface area (Å²) in [6, 6.07) is 5.55. The summed E-state index contributed by atoms with van der Waals surface area (Å²) in [6.45, 7) is 7.12. The molecule has 0 amide bonds. The van der Waals surface area contributed by atoms with Gasteiger partial charge in [0.2, 0.25) is 0 Å². The number of rotatable bonds is 3. The zero-order valence-corrected chi connectivity index (χ0v) is 21.7.